The van der Waals surface area contributed by atoms with Gasteiger partial charge in [-0.25, -0.2) is 0 Å². The topological polar surface area (TPSA) is 73.4 Å². The van der Waals surface area contributed by atoms with Crippen LogP contribution >= 0.6 is 0 Å². The van der Waals surface area contributed by atoms with Crippen molar-refractivity contribution < 1.29 is 14.2 Å². The number of nitrogens with one attached hydrogen (secondary N) is 1. The molecule has 2 aromatic carbocycles. The second-order valence-corrected chi connectivity index (χ2v) is 9.06. The zero-order valence-corrected chi connectivity index (χ0v) is 21.5. The van der Waals surface area contributed by atoms with Gasteiger partial charge in [0.25, 0.3) is 5.56 Å². The number of aryl methyl sites for hydroxylation is 1. The lowest BCUT2D eigenvalue weighted by Gasteiger charge is -2.17. The van der Waals surface area contributed by atoms with E-state index in [4.69, 9.17) is 19.2 Å². The molecule has 0 spiro atoms. The summed E-state index contributed by atoms with van der Waals surface area (Å²) in [6.45, 7) is 8.87. The number of benzene rings is 2. The predicted octanol–water partition coefficient (Wildman–Crippen LogP) is 6.80. The normalized spacial score (nSPS) is 11.1. The molecule has 0 fully saturated rings. The number of hydrogen-bond donors (Lipinski definition) is 1. The van der Waals surface area contributed by atoms with Crippen LogP contribution in [0.25, 0.3) is 21.7 Å². The monoisotopic (exact) mass is 490 g/mol. The van der Waals surface area contributed by atoms with Crippen LogP contribution in [-0.4, -0.2) is 30.8 Å². The number of aromatic nitrogens is 2. The molecule has 192 valence electrons. The van der Waals surface area contributed by atoms with Crippen molar-refractivity contribution in [3.05, 3.63) is 69.3 Å². The molecule has 0 atom stereocenters. The Balaban J connectivity index is 0.00000361. The van der Waals surface area contributed by atoms with E-state index in [0.29, 0.717) is 30.1 Å². The highest BCUT2D eigenvalue weighted by Crippen LogP contribution is 2.36. The van der Waals surface area contributed by atoms with Crippen molar-refractivity contribution in [2.24, 2.45) is 0 Å². The molecular formula is C30H38N2O4. The second-order valence-electron chi connectivity index (χ2n) is 9.06. The lowest BCUT2D eigenvalue weighted by atomic mass is 9.93. The summed E-state index contributed by atoms with van der Waals surface area (Å²) in [5.41, 5.74) is 4.50. The van der Waals surface area contributed by atoms with Crippen LogP contribution in [0.1, 0.15) is 70.0 Å². The molecule has 6 nitrogen and oxygen atoms in total. The van der Waals surface area contributed by atoms with Gasteiger partial charge in [-0.2, -0.15) is 0 Å². The third kappa shape index (κ3) is 5.18. The lowest BCUT2D eigenvalue weighted by molar-refractivity contribution is 0.340. The van der Waals surface area contributed by atoms with Crippen molar-refractivity contribution in [3.63, 3.8) is 0 Å². The van der Waals surface area contributed by atoms with Gasteiger partial charge in [0.15, 0.2) is 11.5 Å². The minimum absolute atomic E-state index is 0. The number of nitrogens with zero attached hydrogens (tertiary/aromatic N) is 1. The van der Waals surface area contributed by atoms with Gasteiger partial charge < -0.3 is 19.2 Å². The average molecular weight is 491 g/mol. The van der Waals surface area contributed by atoms with Gasteiger partial charge in [0.1, 0.15) is 5.75 Å². The maximum atomic E-state index is 13.4. The summed E-state index contributed by atoms with van der Waals surface area (Å²) in [4.78, 5) is 21.5. The van der Waals surface area contributed by atoms with Gasteiger partial charge in [0.2, 0.25) is 0 Å². The fourth-order valence-corrected chi connectivity index (χ4v) is 4.66. The highest BCUT2D eigenvalue weighted by atomic mass is 16.5. The van der Waals surface area contributed by atoms with Crippen molar-refractivity contribution >= 4 is 21.7 Å². The minimum Gasteiger partial charge on any atom is -0.494 e. The Morgan fingerprint density at radius 2 is 1.67 bits per heavy atom. The standard InChI is InChI=1S/C29H34N2O4.CH4/c1-7-9-24-19(12-18-13-20(35-8-2)10-11-25(18)30-24)14-23-21-15-26(33-5)27(34-6)16-22(21)28(17(3)4)31-29(23)32;/h10-13,15-17H,7-9,14H2,1-6H3,(H,31,32);1H4. The summed E-state index contributed by atoms with van der Waals surface area (Å²) >= 11 is 0. The molecule has 0 aliphatic rings. The maximum Gasteiger partial charge on any atom is 0.252 e. The number of hydrogen-bond acceptors (Lipinski definition) is 5. The largest absolute Gasteiger partial charge is 0.494 e. The number of ether oxygens (including phenoxy) is 3. The average Bonchev–Trinajstić information content (AvgIpc) is 2.85. The first-order chi connectivity index (χ1) is 16.9. The molecule has 0 bridgehead atoms. The summed E-state index contributed by atoms with van der Waals surface area (Å²) in [6.07, 6.45) is 2.28. The molecule has 0 aliphatic heterocycles. The van der Waals surface area contributed by atoms with E-state index in [1.807, 2.05) is 37.3 Å². The van der Waals surface area contributed by atoms with Crippen LogP contribution in [0.4, 0.5) is 0 Å². The molecule has 0 radical (unpaired) electrons. The minimum atomic E-state index is -0.0842. The van der Waals surface area contributed by atoms with E-state index in [1.165, 1.54) is 0 Å². The Morgan fingerprint density at radius 3 is 2.28 bits per heavy atom. The summed E-state index contributed by atoms with van der Waals surface area (Å²) in [6, 6.07) is 12.0. The fourth-order valence-electron chi connectivity index (χ4n) is 4.66. The molecule has 4 aromatic rings. The molecule has 4 rings (SSSR count). The molecule has 1 N–H and O–H groups in total. The number of H-pyrrole nitrogens is 1. The molecule has 0 saturated heterocycles. The van der Waals surface area contributed by atoms with Gasteiger partial charge in [-0.3, -0.25) is 9.78 Å². The van der Waals surface area contributed by atoms with Gasteiger partial charge in [0.05, 0.1) is 26.3 Å². The Bertz CT molecular complexity index is 1420. The van der Waals surface area contributed by atoms with E-state index >= 15 is 0 Å². The molecule has 0 amide bonds. The van der Waals surface area contributed by atoms with Gasteiger partial charge in [-0.15, -0.1) is 0 Å². The SMILES string of the molecule is C.CCCc1nc2ccc(OCC)cc2cc1Cc1c(=O)[nH]c(C(C)C)c2cc(OC)c(OC)cc12. The summed E-state index contributed by atoms with van der Waals surface area (Å²) in [7, 11) is 3.24. The summed E-state index contributed by atoms with van der Waals surface area (Å²) < 4.78 is 16.8. The molecule has 0 unspecified atom stereocenters. The van der Waals surface area contributed by atoms with Gasteiger partial charge in [-0.05, 0) is 66.6 Å². The van der Waals surface area contributed by atoms with Crippen molar-refractivity contribution in [1.29, 1.82) is 0 Å². The van der Waals surface area contributed by atoms with Crippen LogP contribution in [0, 0.1) is 0 Å². The third-order valence-electron chi connectivity index (χ3n) is 6.36. The number of fused-ring (bicyclic) bond motifs is 2. The van der Waals surface area contributed by atoms with Crippen LogP contribution in [0.3, 0.4) is 0 Å². The van der Waals surface area contributed by atoms with Gasteiger partial charge in [-0.1, -0.05) is 34.6 Å². The smallest absolute Gasteiger partial charge is 0.252 e. The van der Waals surface area contributed by atoms with E-state index in [-0.39, 0.29) is 18.9 Å². The second kappa shape index (κ2) is 11.5. The van der Waals surface area contributed by atoms with Crippen molar-refractivity contribution in [2.45, 2.75) is 60.3 Å². The van der Waals surface area contributed by atoms with Crippen LogP contribution in [-0.2, 0) is 12.8 Å². The van der Waals surface area contributed by atoms with E-state index in [0.717, 1.165) is 57.2 Å². The predicted molar refractivity (Wildman–Crippen MR) is 148 cm³/mol. The number of pyridine rings is 2. The lowest BCUT2D eigenvalue weighted by Crippen LogP contribution is -2.18. The van der Waals surface area contributed by atoms with Crippen LogP contribution < -0.4 is 19.8 Å². The Labute approximate surface area is 213 Å². The zero-order chi connectivity index (χ0) is 25.1. The maximum absolute atomic E-state index is 13.4. The highest BCUT2D eigenvalue weighted by Gasteiger charge is 2.19. The Kier molecular flexibility index (Phi) is 8.62. The molecule has 6 heteroatoms. The zero-order valence-electron chi connectivity index (χ0n) is 21.5. The van der Waals surface area contributed by atoms with Gasteiger partial charge >= 0.3 is 0 Å². The Hall–Kier alpha value is -3.54. The van der Waals surface area contributed by atoms with Crippen molar-refractivity contribution in [3.8, 4) is 17.2 Å². The molecule has 2 heterocycles. The van der Waals surface area contributed by atoms with E-state index in [2.05, 4.69) is 31.8 Å². The first-order valence-electron chi connectivity index (χ1n) is 12.3. The van der Waals surface area contributed by atoms with Crippen LogP contribution in [0.5, 0.6) is 17.2 Å². The third-order valence-corrected chi connectivity index (χ3v) is 6.36. The van der Waals surface area contributed by atoms with E-state index < -0.39 is 0 Å². The van der Waals surface area contributed by atoms with E-state index in [1.54, 1.807) is 14.2 Å². The van der Waals surface area contributed by atoms with Gasteiger partial charge in [0, 0.05) is 34.1 Å². The molecule has 2 aromatic heterocycles. The summed E-state index contributed by atoms with van der Waals surface area (Å²) in [5, 5.41) is 2.85. The van der Waals surface area contributed by atoms with E-state index in [9.17, 15) is 4.79 Å². The van der Waals surface area contributed by atoms with Crippen molar-refractivity contribution in [1.82, 2.24) is 9.97 Å². The fraction of sp³-hybridized carbons (Fsp3) is 0.400. The molecule has 0 saturated carbocycles. The first-order valence-corrected chi connectivity index (χ1v) is 12.3. The highest BCUT2D eigenvalue weighted by molar-refractivity contribution is 5.91. The first kappa shape index (κ1) is 27.1. The quantitative estimate of drug-likeness (QED) is 0.279. The van der Waals surface area contributed by atoms with Crippen molar-refractivity contribution in [2.75, 3.05) is 20.8 Å². The molecular weight excluding hydrogens is 452 g/mol. The molecule has 36 heavy (non-hydrogen) atoms. The number of aromatic amines is 1. The summed E-state index contributed by atoms with van der Waals surface area (Å²) in [5.74, 6) is 2.21. The number of rotatable bonds is 9. The molecule has 0 aliphatic carbocycles. The Morgan fingerprint density at radius 1 is 0.972 bits per heavy atom. The van der Waals surface area contributed by atoms with Crippen LogP contribution in [0.2, 0.25) is 0 Å². The van der Waals surface area contributed by atoms with Crippen LogP contribution in [0.15, 0.2) is 41.2 Å². The number of methoxy groups -OCH3 is 2.